The van der Waals surface area contributed by atoms with Crippen LogP contribution in [-0.4, -0.2) is 48.8 Å². The van der Waals surface area contributed by atoms with E-state index in [1.54, 1.807) is 0 Å². The lowest BCUT2D eigenvalue weighted by molar-refractivity contribution is 0.0311. The van der Waals surface area contributed by atoms with Gasteiger partial charge in [0.25, 0.3) is 0 Å². The molecular formula is C14H26N2O. The Morgan fingerprint density at radius 2 is 2.18 bits per heavy atom. The van der Waals surface area contributed by atoms with Crippen LogP contribution >= 0.6 is 0 Å². The van der Waals surface area contributed by atoms with E-state index in [0.717, 1.165) is 18.6 Å². The third-order valence-electron chi connectivity index (χ3n) is 5.13. The molecule has 2 saturated heterocycles. The van der Waals surface area contributed by atoms with Gasteiger partial charge in [0.15, 0.2) is 0 Å². The monoisotopic (exact) mass is 238 g/mol. The van der Waals surface area contributed by atoms with E-state index in [0.29, 0.717) is 11.6 Å². The SMILES string of the molecule is CC1OCCC1(C)N1CCC(CNC2CC2)C1. The Morgan fingerprint density at radius 3 is 2.82 bits per heavy atom. The average Bonchev–Trinajstić information content (AvgIpc) is 2.91. The highest BCUT2D eigenvalue weighted by Gasteiger charge is 2.44. The zero-order chi connectivity index (χ0) is 11.9. The Morgan fingerprint density at radius 1 is 1.35 bits per heavy atom. The molecule has 2 aliphatic heterocycles. The van der Waals surface area contributed by atoms with Gasteiger partial charge < -0.3 is 10.1 Å². The van der Waals surface area contributed by atoms with Crippen molar-refractivity contribution in [2.24, 2.45) is 5.92 Å². The standard InChI is InChI=1S/C14H26N2O/c1-11-14(2,6-8-17-11)16-7-5-12(10-16)9-15-13-3-4-13/h11-13,15H,3-10H2,1-2H3. The van der Waals surface area contributed by atoms with Crippen LogP contribution in [0.5, 0.6) is 0 Å². The van der Waals surface area contributed by atoms with Crippen LogP contribution in [0, 0.1) is 5.92 Å². The van der Waals surface area contributed by atoms with Crippen LogP contribution in [0.25, 0.3) is 0 Å². The van der Waals surface area contributed by atoms with E-state index in [1.807, 2.05) is 0 Å². The molecular weight excluding hydrogens is 212 g/mol. The van der Waals surface area contributed by atoms with E-state index < -0.39 is 0 Å². The number of hydrogen-bond acceptors (Lipinski definition) is 3. The zero-order valence-electron chi connectivity index (χ0n) is 11.2. The van der Waals surface area contributed by atoms with Crippen molar-refractivity contribution < 1.29 is 4.74 Å². The highest BCUT2D eigenvalue weighted by molar-refractivity contribution is 4.99. The molecule has 1 saturated carbocycles. The Balaban J connectivity index is 1.52. The maximum atomic E-state index is 5.77. The molecule has 0 bridgehead atoms. The molecule has 3 nitrogen and oxygen atoms in total. The zero-order valence-corrected chi connectivity index (χ0v) is 11.2. The molecule has 3 rings (SSSR count). The van der Waals surface area contributed by atoms with Crippen molar-refractivity contribution in [2.75, 3.05) is 26.2 Å². The molecule has 3 fully saturated rings. The first-order valence-electron chi connectivity index (χ1n) is 7.28. The highest BCUT2D eigenvalue weighted by Crippen LogP contribution is 2.35. The maximum absolute atomic E-state index is 5.77. The van der Waals surface area contributed by atoms with E-state index in [9.17, 15) is 0 Å². The summed E-state index contributed by atoms with van der Waals surface area (Å²) < 4.78 is 5.77. The van der Waals surface area contributed by atoms with Gasteiger partial charge in [-0.15, -0.1) is 0 Å². The third kappa shape index (κ3) is 2.38. The topological polar surface area (TPSA) is 24.5 Å². The summed E-state index contributed by atoms with van der Waals surface area (Å²) >= 11 is 0. The summed E-state index contributed by atoms with van der Waals surface area (Å²) in [6.07, 6.45) is 5.77. The maximum Gasteiger partial charge on any atom is 0.0728 e. The minimum atomic E-state index is 0.300. The van der Waals surface area contributed by atoms with Gasteiger partial charge >= 0.3 is 0 Å². The third-order valence-corrected chi connectivity index (χ3v) is 5.13. The van der Waals surface area contributed by atoms with Crippen LogP contribution in [-0.2, 0) is 4.74 Å². The predicted octanol–water partition coefficient (Wildman–Crippen LogP) is 1.63. The smallest absolute Gasteiger partial charge is 0.0728 e. The lowest BCUT2D eigenvalue weighted by Crippen LogP contribution is -2.50. The second kappa shape index (κ2) is 4.52. The van der Waals surface area contributed by atoms with Crippen LogP contribution in [0.2, 0.25) is 0 Å². The van der Waals surface area contributed by atoms with Gasteiger partial charge in [-0.25, -0.2) is 0 Å². The van der Waals surface area contributed by atoms with E-state index in [1.165, 1.54) is 45.3 Å². The molecule has 0 spiro atoms. The van der Waals surface area contributed by atoms with Gasteiger partial charge in [0.1, 0.15) is 0 Å². The fourth-order valence-corrected chi connectivity index (χ4v) is 3.32. The second-order valence-corrected chi connectivity index (χ2v) is 6.40. The quantitative estimate of drug-likeness (QED) is 0.805. The van der Waals surface area contributed by atoms with Crippen molar-refractivity contribution in [1.82, 2.24) is 10.2 Å². The molecule has 0 aromatic carbocycles. The van der Waals surface area contributed by atoms with Crippen LogP contribution < -0.4 is 5.32 Å². The largest absolute Gasteiger partial charge is 0.377 e. The molecule has 3 atom stereocenters. The Labute approximate surface area is 105 Å². The number of rotatable bonds is 4. The molecule has 0 radical (unpaired) electrons. The molecule has 3 aliphatic rings. The van der Waals surface area contributed by atoms with Gasteiger partial charge in [-0.3, -0.25) is 4.90 Å². The molecule has 2 heterocycles. The molecule has 1 aliphatic carbocycles. The summed E-state index contributed by atoms with van der Waals surface area (Å²) in [5.74, 6) is 0.861. The first-order valence-corrected chi connectivity index (χ1v) is 7.28. The van der Waals surface area contributed by atoms with Crippen molar-refractivity contribution >= 4 is 0 Å². The van der Waals surface area contributed by atoms with Gasteiger partial charge in [-0.05, 0) is 58.5 Å². The molecule has 17 heavy (non-hydrogen) atoms. The number of likely N-dealkylation sites (tertiary alicyclic amines) is 1. The number of nitrogens with zero attached hydrogens (tertiary/aromatic N) is 1. The van der Waals surface area contributed by atoms with Crippen molar-refractivity contribution in [3.63, 3.8) is 0 Å². The van der Waals surface area contributed by atoms with Crippen molar-refractivity contribution in [2.45, 2.75) is 57.2 Å². The number of nitrogens with one attached hydrogen (secondary N) is 1. The van der Waals surface area contributed by atoms with Gasteiger partial charge in [0.2, 0.25) is 0 Å². The molecule has 0 aromatic heterocycles. The van der Waals surface area contributed by atoms with Gasteiger partial charge in [-0.2, -0.15) is 0 Å². The Hall–Kier alpha value is -0.120. The van der Waals surface area contributed by atoms with Gasteiger partial charge in [-0.1, -0.05) is 0 Å². The summed E-state index contributed by atoms with van der Waals surface area (Å²) in [5.41, 5.74) is 0.300. The molecule has 0 aromatic rings. The van der Waals surface area contributed by atoms with Crippen LogP contribution in [0.4, 0.5) is 0 Å². The summed E-state index contributed by atoms with van der Waals surface area (Å²) in [6, 6.07) is 0.855. The Kier molecular flexibility index (Phi) is 3.18. The van der Waals surface area contributed by atoms with Gasteiger partial charge in [0, 0.05) is 24.7 Å². The van der Waals surface area contributed by atoms with Crippen molar-refractivity contribution in [1.29, 1.82) is 0 Å². The van der Waals surface area contributed by atoms with E-state index in [2.05, 4.69) is 24.1 Å². The second-order valence-electron chi connectivity index (χ2n) is 6.40. The lowest BCUT2D eigenvalue weighted by Gasteiger charge is -2.38. The predicted molar refractivity (Wildman–Crippen MR) is 69.1 cm³/mol. The first kappa shape index (κ1) is 11.9. The Bertz CT molecular complexity index is 279. The molecule has 3 heteroatoms. The fourth-order valence-electron chi connectivity index (χ4n) is 3.32. The van der Waals surface area contributed by atoms with Gasteiger partial charge in [0.05, 0.1) is 6.10 Å². The van der Waals surface area contributed by atoms with Crippen LogP contribution in [0.3, 0.4) is 0 Å². The summed E-state index contributed by atoms with van der Waals surface area (Å²) in [6.45, 7) is 9.33. The minimum Gasteiger partial charge on any atom is -0.377 e. The minimum absolute atomic E-state index is 0.300. The van der Waals surface area contributed by atoms with E-state index in [-0.39, 0.29) is 0 Å². The normalized spacial score (nSPS) is 43.4. The molecule has 98 valence electrons. The van der Waals surface area contributed by atoms with Crippen molar-refractivity contribution in [3.05, 3.63) is 0 Å². The summed E-state index contributed by atoms with van der Waals surface area (Å²) in [4.78, 5) is 2.68. The van der Waals surface area contributed by atoms with Crippen LogP contribution in [0.15, 0.2) is 0 Å². The van der Waals surface area contributed by atoms with Crippen LogP contribution in [0.1, 0.15) is 39.5 Å². The molecule has 3 unspecified atom stereocenters. The molecule has 1 N–H and O–H groups in total. The fraction of sp³-hybridized carbons (Fsp3) is 1.00. The summed E-state index contributed by atoms with van der Waals surface area (Å²) in [7, 11) is 0. The number of hydrogen-bond donors (Lipinski definition) is 1. The lowest BCUT2D eigenvalue weighted by atomic mass is 9.92. The van der Waals surface area contributed by atoms with E-state index >= 15 is 0 Å². The van der Waals surface area contributed by atoms with E-state index in [4.69, 9.17) is 4.74 Å². The average molecular weight is 238 g/mol. The molecule has 0 amide bonds. The summed E-state index contributed by atoms with van der Waals surface area (Å²) in [5, 5.41) is 3.68. The van der Waals surface area contributed by atoms with Crippen molar-refractivity contribution in [3.8, 4) is 0 Å². The number of ether oxygens (including phenoxy) is 1. The highest BCUT2D eigenvalue weighted by atomic mass is 16.5. The first-order chi connectivity index (χ1) is 8.18.